The normalized spacial score (nSPS) is 18.2. The summed E-state index contributed by atoms with van der Waals surface area (Å²) >= 11 is 0. The SMILES string of the molecule is O=C(CC1(C(=O)O)CCC1)Nc1ccc2c(c1)OCO2. The molecule has 6 heteroatoms. The molecule has 106 valence electrons. The fourth-order valence-electron chi connectivity index (χ4n) is 2.56. The first-order chi connectivity index (χ1) is 9.59. The maximum Gasteiger partial charge on any atom is 0.310 e. The molecule has 3 rings (SSSR count). The number of carboxylic acid groups (broad SMARTS) is 1. The van der Waals surface area contributed by atoms with E-state index in [4.69, 9.17) is 9.47 Å². The number of aliphatic carboxylic acids is 1. The average Bonchev–Trinajstić information content (AvgIpc) is 2.80. The van der Waals surface area contributed by atoms with Gasteiger partial charge >= 0.3 is 5.97 Å². The van der Waals surface area contributed by atoms with Gasteiger partial charge in [0, 0.05) is 18.2 Å². The van der Waals surface area contributed by atoms with Gasteiger partial charge in [-0.3, -0.25) is 9.59 Å². The van der Waals surface area contributed by atoms with Crippen LogP contribution in [0.4, 0.5) is 5.69 Å². The quantitative estimate of drug-likeness (QED) is 0.879. The molecule has 2 aliphatic rings. The summed E-state index contributed by atoms with van der Waals surface area (Å²) in [5.74, 6) is 0.0546. The van der Waals surface area contributed by atoms with Gasteiger partial charge in [-0.2, -0.15) is 0 Å². The molecule has 0 spiro atoms. The third-order valence-electron chi connectivity index (χ3n) is 3.92. The zero-order valence-corrected chi connectivity index (χ0v) is 10.8. The Hall–Kier alpha value is -2.24. The maximum atomic E-state index is 12.0. The minimum absolute atomic E-state index is 0.0107. The third kappa shape index (κ3) is 2.17. The van der Waals surface area contributed by atoms with Crippen molar-refractivity contribution in [2.24, 2.45) is 5.41 Å². The van der Waals surface area contributed by atoms with Crippen LogP contribution in [0.2, 0.25) is 0 Å². The standard InChI is InChI=1S/C14H15NO5/c16-12(7-14(13(17)18)4-1-5-14)15-9-2-3-10-11(6-9)20-8-19-10/h2-3,6H,1,4-5,7-8H2,(H,15,16)(H,17,18). The largest absolute Gasteiger partial charge is 0.481 e. The Bertz CT molecular complexity index is 565. The van der Waals surface area contributed by atoms with Gasteiger partial charge in [0.05, 0.1) is 5.41 Å². The Kier molecular flexibility index (Phi) is 3.00. The van der Waals surface area contributed by atoms with E-state index < -0.39 is 11.4 Å². The van der Waals surface area contributed by atoms with Gasteiger partial charge in [0.2, 0.25) is 12.7 Å². The molecule has 2 N–H and O–H groups in total. The molecule has 1 heterocycles. The van der Waals surface area contributed by atoms with Crippen molar-refractivity contribution in [1.29, 1.82) is 0 Å². The van der Waals surface area contributed by atoms with E-state index in [1.807, 2.05) is 0 Å². The monoisotopic (exact) mass is 277 g/mol. The summed E-state index contributed by atoms with van der Waals surface area (Å²) in [6, 6.07) is 5.10. The Morgan fingerprint density at radius 3 is 2.65 bits per heavy atom. The highest BCUT2D eigenvalue weighted by Crippen LogP contribution is 2.44. The summed E-state index contributed by atoms with van der Waals surface area (Å²) in [5.41, 5.74) is -0.292. The first-order valence-electron chi connectivity index (χ1n) is 6.52. The van der Waals surface area contributed by atoms with Crippen molar-refractivity contribution in [3.63, 3.8) is 0 Å². The van der Waals surface area contributed by atoms with Crippen molar-refractivity contribution in [2.45, 2.75) is 25.7 Å². The molecular formula is C14H15NO5. The van der Waals surface area contributed by atoms with Gasteiger partial charge in [0.15, 0.2) is 11.5 Å². The Balaban J connectivity index is 1.66. The van der Waals surface area contributed by atoms with Gasteiger partial charge in [-0.15, -0.1) is 0 Å². The van der Waals surface area contributed by atoms with E-state index in [0.29, 0.717) is 30.0 Å². The van der Waals surface area contributed by atoms with E-state index in [1.165, 1.54) is 0 Å². The van der Waals surface area contributed by atoms with Gasteiger partial charge in [0.25, 0.3) is 0 Å². The Morgan fingerprint density at radius 2 is 2.00 bits per heavy atom. The number of carbonyl (C=O) groups excluding carboxylic acids is 1. The summed E-state index contributed by atoms with van der Waals surface area (Å²) in [7, 11) is 0. The molecule has 0 aromatic heterocycles. The van der Waals surface area contributed by atoms with E-state index in [0.717, 1.165) is 6.42 Å². The highest BCUT2D eigenvalue weighted by molar-refractivity contribution is 5.94. The predicted molar refractivity (Wildman–Crippen MR) is 69.7 cm³/mol. The van der Waals surface area contributed by atoms with Gasteiger partial charge in [-0.05, 0) is 25.0 Å². The minimum atomic E-state index is -0.885. The van der Waals surface area contributed by atoms with Crippen LogP contribution >= 0.6 is 0 Å². The summed E-state index contributed by atoms with van der Waals surface area (Å²) < 4.78 is 10.4. The number of fused-ring (bicyclic) bond motifs is 1. The van der Waals surface area contributed by atoms with Crippen LogP contribution in [0, 0.1) is 5.41 Å². The molecule has 1 saturated carbocycles. The van der Waals surface area contributed by atoms with Gasteiger partial charge in [-0.1, -0.05) is 6.42 Å². The minimum Gasteiger partial charge on any atom is -0.481 e. The smallest absolute Gasteiger partial charge is 0.310 e. The fraction of sp³-hybridized carbons (Fsp3) is 0.429. The van der Waals surface area contributed by atoms with Crippen LogP contribution in [0.25, 0.3) is 0 Å². The second kappa shape index (κ2) is 4.70. The highest BCUT2D eigenvalue weighted by atomic mass is 16.7. The van der Waals surface area contributed by atoms with E-state index >= 15 is 0 Å². The molecular weight excluding hydrogens is 262 g/mol. The molecule has 1 aromatic rings. The molecule has 20 heavy (non-hydrogen) atoms. The Labute approximate surface area is 115 Å². The molecule has 1 aromatic carbocycles. The van der Waals surface area contributed by atoms with Crippen molar-refractivity contribution in [2.75, 3.05) is 12.1 Å². The number of ether oxygens (including phenoxy) is 2. The lowest BCUT2D eigenvalue weighted by molar-refractivity contribution is -0.157. The van der Waals surface area contributed by atoms with Crippen molar-refractivity contribution in [1.82, 2.24) is 0 Å². The number of amides is 1. The Morgan fingerprint density at radius 1 is 1.25 bits per heavy atom. The lowest BCUT2D eigenvalue weighted by Crippen LogP contribution is -2.41. The molecule has 1 fully saturated rings. The molecule has 0 atom stereocenters. The number of hydrogen-bond acceptors (Lipinski definition) is 4. The lowest BCUT2D eigenvalue weighted by atomic mass is 9.66. The van der Waals surface area contributed by atoms with Crippen molar-refractivity contribution >= 4 is 17.6 Å². The van der Waals surface area contributed by atoms with Crippen LogP contribution in [0.15, 0.2) is 18.2 Å². The summed E-state index contributed by atoms with van der Waals surface area (Å²) in [6.45, 7) is 0.175. The van der Waals surface area contributed by atoms with Gasteiger partial charge < -0.3 is 19.9 Å². The molecule has 0 radical (unpaired) electrons. The lowest BCUT2D eigenvalue weighted by Gasteiger charge is -2.36. The second-order valence-electron chi connectivity index (χ2n) is 5.23. The van der Waals surface area contributed by atoms with Crippen molar-refractivity contribution < 1.29 is 24.2 Å². The first kappa shape index (κ1) is 12.8. The molecule has 0 unspecified atom stereocenters. The summed E-state index contributed by atoms with van der Waals surface area (Å²) in [4.78, 5) is 23.2. The topological polar surface area (TPSA) is 84.9 Å². The number of hydrogen-bond donors (Lipinski definition) is 2. The van der Waals surface area contributed by atoms with Crippen LogP contribution in [0.5, 0.6) is 11.5 Å². The predicted octanol–water partition coefficient (Wildman–Crippen LogP) is 2.00. The van der Waals surface area contributed by atoms with Crippen LogP contribution in [-0.4, -0.2) is 23.8 Å². The molecule has 0 saturated heterocycles. The van der Waals surface area contributed by atoms with Crippen molar-refractivity contribution in [3.05, 3.63) is 18.2 Å². The number of benzene rings is 1. The van der Waals surface area contributed by atoms with Crippen LogP contribution < -0.4 is 14.8 Å². The average molecular weight is 277 g/mol. The number of carbonyl (C=O) groups is 2. The van der Waals surface area contributed by atoms with Gasteiger partial charge in [-0.25, -0.2) is 0 Å². The molecule has 6 nitrogen and oxygen atoms in total. The fourth-order valence-corrected chi connectivity index (χ4v) is 2.56. The van der Waals surface area contributed by atoms with E-state index in [9.17, 15) is 14.7 Å². The number of nitrogens with one attached hydrogen (secondary N) is 1. The van der Waals surface area contributed by atoms with E-state index in [1.54, 1.807) is 18.2 Å². The van der Waals surface area contributed by atoms with Crippen LogP contribution in [-0.2, 0) is 9.59 Å². The summed E-state index contributed by atoms with van der Waals surface area (Å²) in [5, 5.41) is 11.9. The van der Waals surface area contributed by atoms with E-state index in [2.05, 4.69) is 5.32 Å². The van der Waals surface area contributed by atoms with E-state index in [-0.39, 0.29) is 19.1 Å². The number of anilines is 1. The number of rotatable bonds is 4. The number of carboxylic acids is 1. The third-order valence-corrected chi connectivity index (χ3v) is 3.92. The zero-order valence-electron chi connectivity index (χ0n) is 10.8. The maximum absolute atomic E-state index is 12.0. The van der Waals surface area contributed by atoms with Crippen molar-refractivity contribution in [3.8, 4) is 11.5 Å². The van der Waals surface area contributed by atoms with Gasteiger partial charge in [0.1, 0.15) is 0 Å². The molecule has 0 bridgehead atoms. The first-order valence-corrected chi connectivity index (χ1v) is 6.52. The second-order valence-corrected chi connectivity index (χ2v) is 5.23. The highest BCUT2D eigenvalue weighted by Gasteiger charge is 2.45. The molecule has 1 amide bonds. The summed E-state index contributed by atoms with van der Waals surface area (Å²) in [6.07, 6.45) is 2.01. The van der Waals surface area contributed by atoms with Crippen LogP contribution in [0.3, 0.4) is 0 Å². The van der Waals surface area contributed by atoms with Crippen LogP contribution in [0.1, 0.15) is 25.7 Å². The molecule has 1 aliphatic heterocycles. The zero-order chi connectivity index (χ0) is 14.2. The molecule has 1 aliphatic carbocycles.